The van der Waals surface area contributed by atoms with Gasteiger partial charge in [0.2, 0.25) is 5.91 Å². The Hall–Kier alpha value is -2.47. The average molecular weight is 354 g/mol. The second-order valence-corrected chi connectivity index (χ2v) is 7.49. The standard InChI is InChI=1S/C19H18N2O3S/c1-12-4-6-14(7-5-12)21-17(22)11-15(18(21)23)20(13-8-9-13)19(24)16-3-2-10-25-16/h2-7,10,13,15H,8-9,11H2,1H3. The minimum atomic E-state index is -0.698. The maximum Gasteiger partial charge on any atom is 0.264 e. The molecule has 1 atom stereocenters. The summed E-state index contributed by atoms with van der Waals surface area (Å²) in [5.41, 5.74) is 1.63. The van der Waals surface area contributed by atoms with Crippen molar-refractivity contribution >= 4 is 34.7 Å². The lowest BCUT2D eigenvalue weighted by Gasteiger charge is -2.27. The number of rotatable bonds is 4. The molecule has 128 valence electrons. The molecular weight excluding hydrogens is 336 g/mol. The highest BCUT2D eigenvalue weighted by Gasteiger charge is 2.49. The first-order chi connectivity index (χ1) is 12.1. The third-order valence-electron chi connectivity index (χ3n) is 4.66. The number of thiophene rings is 1. The molecule has 1 unspecified atom stereocenters. The molecule has 2 fully saturated rings. The Kier molecular flexibility index (Phi) is 3.92. The number of nitrogens with zero attached hydrogens (tertiary/aromatic N) is 2. The molecule has 2 aromatic rings. The van der Waals surface area contributed by atoms with Crippen LogP contribution in [0.15, 0.2) is 41.8 Å². The van der Waals surface area contributed by atoms with Gasteiger partial charge in [-0.1, -0.05) is 23.8 Å². The number of hydrogen-bond acceptors (Lipinski definition) is 4. The highest BCUT2D eigenvalue weighted by molar-refractivity contribution is 7.12. The van der Waals surface area contributed by atoms with Crippen molar-refractivity contribution < 1.29 is 14.4 Å². The summed E-state index contributed by atoms with van der Waals surface area (Å²) in [6, 6.07) is 10.2. The number of hydrogen-bond donors (Lipinski definition) is 0. The predicted molar refractivity (Wildman–Crippen MR) is 95.6 cm³/mol. The number of benzene rings is 1. The molecule has 1 saturated heterocycles. The van der Waals surface area contributed by atoms with E-state index >= 15 is 0 Å². The second-order valence-electron chi connectivity index (χ2n) is 6.54. The maximum atomic E-state index is 13.0. The van der Waals surface area contributed by atoms with E-state index in [-0.39, 0.29) is 30.2 Å². The SMILES string of the molecule is Cc1ccc(N2C(=O)CC(N(C(=O)c3cccs3)C3CC3)C2=O)cc1. The molecule has 6 heteroatoms. The van der Waals surface area contributed by atoms with Crippen LogP contribution in [0.3, 0.4) is 0 Å². The molecule has 4 rings (SSSR count). The molecule has 2 aliphatic rings. The van der Waals surface area contributed by atoms with E-state index in [0.29, 0.717) is 10.6 Å². The first-order valence-electron chi connectivity index (χ1n) is 8.36. The summed E-state index contributed by atoms with van der Waals surface area (Å²) < 4.78 is 0. The molecule has 1 aromatic heterocycles. The average Bonchev–Trinajstić information content (AvgIpc) is 3.18. The lowest BCUT2D eigenvalue weighted by atomic mass is 10.2. The minimum Gasteiger partial charge on any atom is -0.322 e. The summed E-state index contributed by atoms with van der Waals surface area (Å²) in [5, 5.41) is 1.85. The van der Waals surface area contributed by atoms with E-state index in [0.717, 1.165) is 18.4 Å². The molecule has 2 heterocycles. The van der Waals surface area contributed by atoms with Gasteiger partial charge in [-0.3, -0.25) is 14.4 Å². The molecule has 1 aliphatic carbocycles. The monoisotopic (exact) mass is 354 g/mol. The first kappa shape index (κ1) is 16.0. The van der Waals surface area contributed by atoms with Gasteiger partial charge in [0.1, 0.15) is 6.04 Å². The van der Waals surface area contributed by atoms with Gasteiger partial charge >= 0.3 is 0 Å². The third kappa shape index (κ3) is 2.87. The fourth-order valence-electron chi connectivity index (χ4n) is 3.24. The molecule has 1 saturated carbocycles. The molecule has 0 bridgehead atoms. The van der Waals surface area contributed by atoms with Crippen molar-refractivity contribution in [3.63, 3.8) is 0 Å². The number of carbonyl (C=O) groups is 3. The van der Waals surface area contributed by atoms with Crippen LogP contribution in [-0.2, 0) is 9.59 Å². The van der Waals surface area contributed by atoms with Gasteiger partial charge in [-0.15, -0.1) is 11.3 Å². The minimum absolute atomic E-state index is 0.0559. The molecule has 5 nitrogen and oxygen atoms in total. The summed E-state index contributed by atoms with van der Waals surface area (Å²) in [6.07, 6.45) is 1.83. The Morgan fingerprint density at radius 3 is 2.48 bits per heavy atom. The van der Waals surface area contributed by atoms with Gasteiger partial charge in [-0.2, -0.15) is 0 Å². The Bertz CT molecular complexity index is 825. The smallest absolute Gasteiger partial charge is 0.264 e. The van der Waals surface area contributed by atoms with Crippen molar-refractivity contribution in [3.05, 3.63) is 52.2 Å². The largest absolute Gasteiger partial charge is 0.322 e. The molecule has 0 spiro atoms. The van der Waals surface area contributed by atoms with Gasteiger partial charge < -0.3 is 4.90 Å². The van der Waals surface area contributed by atoms with Crippen LogP contribution in [0.5, 0.6) is 0 Å². The summed E-state index contributed by atoms with van der Waals surface area (Å²) in [7, 11) is 0. The molecule has 1 aliphatic heterocycles. The van der Waals surface area contributed by atoms with E-state index in [1.807, 2.05) is 30.5 Å². The normalized spacial score (nSPS) is 20.2. The molecule has 0 N–H and O–H groups in total. The van der Waals surface area contributed by atoms with Crippen molar-refractivity contribution in [2.45, 2.75) is 38.3 Å². The lowest BCUT2D eigenvalue weighted by Crippen LogP contribution is -2.46. The number of aryl methyl sites for hydroxylation is 1. The van der Waals surface area contributed by atoms with E-state index in [1.54, 1.807) is 23.1 Å². The van der Waals surface area contributed by atoms with Crippen LogP contribution in [0.25, 0.3) is 0 Å². The quantitative estimate of drug-likeness (QED) is 0.793. The molecule has 25 heavy (non-hydrogen) atoms. The zero-order valence-corrected chi connectivity index (χ0v) is 14.7. The number of amides is 3. The van der Waals surface area contributed by atoms with Gasteiger partial charge in [0.25, 0.3) is 11.8 Å². The van der Waals surface area contributed by atoms with Crippen molar-refractivity contribution in [2.75, 3.05) is 4.90 Å². The summed E-state index contributed by atoms with van der Waals surface area (Å²) in [5.74, 6) is -0.691. The third-order valence-corrected chi connectivity index (χ3v) is 5.52. The van der Waals surface area contributed by atoms with Gasteiger partial charge in [0, 0.05) is 6.04 Å². The zero-order chi connectivity index (χ0) is 17.6. The van der Waals surface area contributed by atoms with Crippen LogP contribution in [0, 0.1) is 6.92 Å². The number of anilines is 1. The number of carbonyl (C=O) groups excluding carboxylic acids is 3. The van der Waals surface area contributed by atoms with E-state index in [4.69, 9.17) is 0 Å². The Morgan fingerprint density at radius 2 is 1.88 bits per heavy atom. The van der Waals surface area contributed by atoms with E-state index in [2.05, 4.69) is 0 Å². The van der Waals surface area contributed by atoms with Crippen LogP contribution < -0.4 is 4.90 Å². The van der Waals surface area contributed by atoms with Crippen LogP contribution in [0.4, 0.5) is 5.69 Å². The van der Waals surface area contributed by atoms with Crippen molar-refractivity contribution in [1.29, 1.82) is 0 Å². The van der Waals surface area contributed by atoms with Gasteiger partial charge in [-0.05, 0) is 43.3 Å². The van der Waals surface area contributed by atoms with Gasteiger partial charge in [0.15, 0.2) is 0 Å². The summed E-state index contributed by atoms with van der Waals surface area (Å²) >= 11 is 1.36. The molecule has 1 aromatic carbocycles. The van der Waals surface area contributed by atoms with Crippen LogP contribution in [0.2, 0.25) is 0 Å². The molecular formula is C19H18N2O3S. The fraction of sp³-hybridized carbons (Fsp3) is 0.316. The van der Waals surface area contributed by atoms with Crippen LogP contribution >= 0.6 is 11.3 Å². The van der Waals surface area contributed by atoms with E-state index < -0.39 is 6.04 Å². The van der Waals surface area contributed by atoms with Crippen LogP contribution in [0.1, 0.15) is 34.5 Å². The molecule has 0 radical (unpaired) electrons. The maximum absolute atomic E-state index is 13.0. The summed E-state index contributed by atoms with van der Waals surface area (Å²) in [4.78, 5) is 41.8. The highest BCUT2D eigenvalue weighted by atomic mass is 32.1. The Balaban J connectivity index is 1.63. The van der Waals surface area contributed by atoms with E-state index in [9.17, 15) is 14.4 Å². The predicted octanol–water partition coefficient (Wildman–Crippen LogP) is 2.99. The second kappa shape index (κ2) is 6.11. The van der Waals surface area contributed by atoms with Crippen molar-refractivity contribution in [1.82, 2.24) is 4.90 Å². The van der Waals surface area contributed by atoms with Crippen LogP contribution in [-0.4, -0.2) is 34.7 Å². The topological polar surface area (TPSA) is 57.7 Å². The Labute approximate surface area is 149 Å². The fourth-order valence-corrected chi connectivity index (χ4v) is 3.91. The van der Waals surface area contributed by atoms with Gasteiger partial charge in [-0.25, -0.2) is 4.90 Å². The highest BCUT2D eigenvalue weighted by Crippen LogP contribution is 2.35. The van der Waals surface area contributed by atoms with Crippen molar-refractivity contribution in [3.8, 4) is 0 Å². The first-order valence-corrected chi connectivity index (χ1v) is 9.24. The van der Waals surface area contributed by atoms with Gasteiger partial charge in [0.05, 0.1) is 17.0 Å². The number of imide groups is 1. The van der Waals surface area contributed by atoms with E-state index in [1.165, 1.54) is 16.2 Å². The lowest BCUT2D eigenvalue weighted by molar-refractivity contribution is -0.122. The Morgan fingerprint density at radius 1 is 1.16 bits per heavy atom. The summed E-state index contributed by atoms with van der Waals surface area (Å²) in [6.45, 7) is 1.95. The van der Waals surface area contributed by atoms with Crippen molar-refractivity contribution in [2.24, 2.45) is 0 Å². The molecule has 3 amide bonds. The zero-order valence-electron chi connectivity index (χ0n) is 13.8.